The van der Waals surface area contributed by atoms with E-state index in [0.717, 1.165) is 19.5 Å². The van der Waals surface area contributed by atoms with Crippen LogP contribution in [0.5, 0.6) is 0 Å². The third kappa shape index (κ3) is 6.23. The highest BCUT2D eigenvalue weighted by Gasteiger charge is 2.33. The molecule has 1 heterocycles. The van der Waals surface area contributed by atoms with Crippen molar-refractivity contribution in [3.05, 3.63) is 0 Å². The van der Waals surface area contributed by atoms with E-state index in [9.17, 15) is 8.42 Å². The van der Waals surface area contributed by atoms with E-state index in [4.69, 9.17) is 0 Å². The van der Waals surface area contributed by atoms with E-state index < -0.39 is 9.84 Å². The zero-order chi connectivity index (χ0) is 14.9. The molecule has 0 bridgehead atoms. The average molecular weight is 290 g/mol. The number of nitrogens with zero attached hydrogens (tertiary/aromatic N) is 1. The number of hydrogen-bond donors (Lipinski definition) is 1. The lowest BCUT2D eigenvalue weighted by molar-refractivity contribution is 0.159. The van der Waals surface area contributed by atoms with Gasteiger partial charge in [0.15, 0.2) is 9.84 Å². The van der Waals surface area contributed by atoms with Gasteiger partial charge in [-0.05, 0) is 39.7 Å². The Bertz CT molecular complexity index is 396. The van der Waals surface area contributed by atoms with Gasteiger partial charge in [-0.1, -0.05) is 13.8 Å². The van der Waals surface area contributed by atoms with Crippen LogP contribution in [0.3, 0.4) is 0 Å². The molecule has 1 saturated heterocycles. The summed E-state index contributed by atoms with van der Waals surface area (Å²) in [5.41, 5.74) is 0.251. The van der Waals surface area contributed by atoms with Crippen molar-refractivity contribution in [2.24, 2.45) is 5.41 Å². The molecule has 1 aliphatic heterocycles. The van der Waals surface area contributed by atoms with E-state index in [1.807, 2.05) is 7.05 Å². The van der Waals surface area contributed by atoms with Gasteiger partial charge in [0.1, 0.15) is 0 Å². The minimum Gasteiger partial charge on any atom is -0.311 e. The maximum Gasteiger partial charge on any atom is 0.151 e. The van der Waals surface area contributed by atoms with Gasteiger partial charge >= 0.3 is 0 Å². The molecule has 0 aromatic carbocycles. The summed E-state index contributed by atoms with van der Waals surface area (Å²) in [6.45, 7) is 12.8. The first-order valence-electron chi connectivity index (χ1n) is 7.06. The van der Waals surface area contributed by atoms with Crippen LogP contribution in [-0.2, 0) is 9.84 Å². The average Bonchev–Trinajstić information content (AvgIpc) is 2.55. The summed E-state index contributed by atoms with van der Waals surface area (Å²) in [5, 5.41) is 3.53. The molecule has 1 fully saturated rings. The summed E-state index contributed by atoms with van der Waals surface area (Å²) in [5.74, 6) is 0.676. The Labute approximate surface area is 118 Å². The maximum atomic E-state index is 11.5. The number of hydrogen-bond acceptors (Lipinski definition) is 4. The second-order valence-corrected chi connectivity index (χ2v) is 9.97. The SMILES string of the molecule is CN(CC(C)(C)CNC(C)(C)C)C1CCS(=O)(=O)C1. The molecule has 0 saturated carbocycles. The lowest BCUT2D eigenvalue weighted by Crippen LogP contribution is -2.47. The fraction of sp³-hybridized carbons (Fsp3) is 1.00. The third-order valence-electron chi connectivity index (χ3n) is 3.61. The highest BCUT2D eigenvalue weighted by Crippen LogP contribution is 2.22. The van der Waals surface area contributed by atoms with Gasteiger partial charge in [0.25, 0.3) is 0 Å². The summed E-state index contributed by atoms with van der Waals surface area (Å²) >= 11 is 0. The first-order chi connectivity index (χ1) is 8.40. The molecule has 1 unspecified atom stereocenters. The standard InChI is InChI=1S/C14H30N2O2S/c1-13(2,3)15-10-14(4,5)11-16(6)12-7-8-19(17,18)9-12/h12,15H,7-11H2,1-6H3. The lowest BCUT2D eigenvalue weighted by atomic mass is 9.91. The van der Waals surface area contributed by atoms with Crippen molar-refractivity contribution in [2.45, 2.75) is 52.6 Å². The van der Waals surface area contributed by atoms with Crippen LogP contribution in [0.25, 0.3) is 0 Å². The van der Waals surface area contributed by atoms with Gasteiger partial charge in [0.2, 0.25) is 0 Å². The van der Waals surface area contributed by atoms with Crippen LogP contribution in [0.1, 0.15) is 41.0 Å². The maximum absolute atomic E-state index is 11.5. The van der Waals surface area contributed by atoms with Crippen LogP contribution in [0.15, 0.2) is 0 Å². The van der Waals surface area contributed by atoms with Gasteiger partial charge in [-0.2, -0.15) is 0 Å². The number of sulfone groups is 1. The van der Waals surface area contributed by atoms with E-state index in [-0.39, 0.29) is 17.0 Å². The molecular formula is C14H30N2O2S. The first kappa shape index (κ1) is 16.9. The Morgan fingerprint density at radius 1 is 1.21 bits per heavy atom. The van der Waals surface area contributed by atoms with Crippen LogP contribution >= 0.6 is 0 Å². The van der Waals surface area contributed by atoms with Crippen LogP contribution in [-0.4, -0.2) is 56.5 Å². The third-order valence-corrected chi connectivity index (χ3v) is 5.36. The van der Waals surface area contributed by atoms with Gasteiger partial charge in [-0.25, -0.2) is 8.42 Å². The predicted molar refractivity (Wildman–Crippen MR) is 81.2 cm³/mol. The summed E-state index contributed by atoms with van der Waals surface area (Å²) in [7, 11) is -0.743. The highest BCUT2D eigenvalue weighted by atomic mass is 32.2. The Balaban J connectivity index is 2.49. The van der Waals surface area contributed by atoms with Gasteiger partial charge in [0, 0.05) is 24.7 Å². The molecule has 0 radical (unpaired) electrons. The van der Waals surface area contributed by atoms with E-state index in [0.29, 0.717) is 11.5 Å². The van der Waals surface area contributed by atoms with E-state index in [1.165, 1.54) is 0 Å². The highest BCUT2D eigenvalue weighted by molar-refractivity contribution is 7.91. The summed E-state index contributed by atoms with van der Waals surface area (Å²) < 4.78 is 23.1. The molecule has 19 heavy (non-hydrogen) atoms. The Kier molecular flexibility index (Phi) is 5.08. The smallest absolute Gasteiger partial charge is 0.151 e. The van der Waals surface area contributed by atoms with Crippen molar-refractivity contribution < 1.29 is 8.42 Å². The molecule has 0 spiro atoms. The molecule has 1 aliphatic rings. The van der Waals surface area contributed by atoms with Crippen molar-refractivity contribution in [3.8, 4) is 0 Å². The molecule has 0 aromatic rings. The van der Waals surface area contributed by atoms with Crippen molar-refractivity contribution in [1.29, 1.82) is 0 Å². The van der Waals surface area contributed by atoms with Crippen molar-refractivity contribution in [2.75, 3.05) is 31.6 Å². The molecule has 0 aliphatic carbocycles. The second kappa shape index (κ2) is 5.70. The Morgan fingerprint density at radius 3 is 2.21 bits per heavy atom. The molecule has 1 atom stereocenters. The summed E-state index contributed by atoms with van der Waals surface area (Å²) in [4.78, 5) is 2.22. The van der Waals surface area contributed by atoms with Crippen LogP contribution < -0.4 is 5.32 Å². The topological polar surface area (TPSA) is 49.4 Å². The predicted octanol–water partition coefficient (Wildman–Crippen LogP) is 1.52. The van der Waals surface area contributed by atoms with Gasteiger partial charge < -0.3 is 10.2 Å². The van der Waals surface area contributed by atoms with Crippen molar-refractivity contribution in [3.63, 3.8) is 0 Å². The summed E-state index contributed by atoms with van der Waals surface area (Å²) in [6.07, 6.45) is 0.779. The summed E-state index contributed by atoms with van der Waals surface area (Å²) in [6, 6.07) is 0.193. The quantitative estimate of drug-likeness (QED) is 0.834. The number of rotatable bonds is 5. The number of nitrogens with one attached hydrogen (secondary N) is 1. The molecule has 1 rings (SSSR count). The van der Waals surface area contributed by atoms with Crippen molar-refractivity contribution in [1.82, 2.24) is 10.2 Å². The first-order valence-corrected chi connectivity index (χ1v) is 8.88. The van der Waals surface area contributed by atoms with E-state index in [1.54, 1.807) is 0 Å². The fourth-order valence-electron chi connectivity index (χ4n) is 2.49. The van der Waals surface area contributed by atoms with Crippen LogP contribution in [0, 0.1) is 5.41 Å². The molecular weight excluding hydrogens is 260 g/mol. The molecule has 0 amide bonds. The molecule has 5 heteroatoms. The normalized spacial score (nSPS) is 24.1. The zero-order valence-electron chi connectivity index (χ0n) is 13.3. The van der Waals surface area contributed by atoms with Crippen molar-refractivity contribution >= 4 is 9.84 Å². The largest absolute Gasteiger partial charge is 0.311 e. The lowest BCUT2D eigenvalue weighted by Gasteiger charge is -2.35. The van der Waals surface area contributed by atoms with E-state index in [2.05, 4.69) is 44.8 Å². The second-order valence-electron chi connectivity index (χ2n) is 7.74. The molecule has 114 valence electrons. The van der Waals surface area contributed by atoms with E-state index >= 15 is 0 Å². The van der Waals surface area contributed by atoms with Crippen LogP contribution in [0.4, 0.5) is 0 Å². The molecule has 4 nitrogen and oxygen atoms in total. The van der Waals surface area contributed by atoms with Gasteiger partial charge in [0.05, 0.1) is 11.5 Å². The van der Waals surface area contributed by atoms with Gasteiger partial charge in [-0.3, -0.25) is 0 Å². The molecule has 0 aromatic heterocycles. The van der Waals surface area contributed by atoms with Crippen LogP contribution in [0.2, 0.25) is 0 Å². The molecule has 1 N–H and O–H groups in total. The minimum atomic E-state index is -2.79. The zero-order valence-corrected chi connectivity index (χ0v) is 14.1. The van der Waals surface area contributed by atoms with Gasteiger partial charge in [-0.15, -0.1) is 0 Å². The fourth-order valence-corrected chi connectivity index (χ4v) is 4.29. The monoisotopic (exact) mass is 290 g/mol. The Hall–Kier alpha value is -0.130. The minimum absolute atomic E-state index is 0.118. The Morgan fingerprint density at radius 2 is 1.79 bits per heavy atom.